The quantitative estimate of drug-likeness (QED) is 0.773. The second-order valence-corrected chi connectivity index (χ2v) is 6.74. The van der Waals surface area contributed by atoms with E-state index in [4.69, 9.17) is 0 Å². The molecule has 2 aliphatic carbocycles. The molecule has 0 radical (unpaired) electrons. The second-order valence-electron chi connectivity index (χ2n) is 5.82. The maximum Gasteiger partial charge on any atom is 0.417 e. The highest BCUT2D eigenvalue weighted by Crippen LogP contribution is 2.38. The molecule has 0 atom stereocenters. The molecule has 0 aromatic heterocycles. The molecule has 0 bridgehead atoms. The molecular weight excluding hydrogens is 347 g/mol. The fraction of sp³-hybridized carbons (Fsp3) is 0.533. The highest BCUT2D eigenvalue weighted by Gasteiger charge is 2.41. The summed E-state index contributed by atoms with van der Waals surface area (Å²) in [5, 5.41) is 0. The topological polar surface area (TPSA) is 20.3 Å². The predicted molar refractivity (Wildman–Crippen MR) is 75.9 cm³/mol. The smallest absolute Gasteiger partial charge is 0.335 e. The van der Waals surface area contributed by atoms with Crippen molar-refractivity contribution < 1.29 is 18.0 Å². The molecule has 114 valence electrons. The van der Waals surface area contributed by atoms with E-state index in [1.807, 2.05) is 0 Å². The Bertz CT molecular complexity index is 565. The predicted octanol–water partition coefficient (Wildman–Crippen LogP) is 4.48. The summed E-state index contributed by atoms with van der Waals surface area (Å²) in [4.78, 5) is 14.2. The van der Waals surface area contributed by atoms with Crippen LogP contribution < -0.4 is 0 Å². The first-order chi connectivity index (χ1) is 9.86. The first-order valence-corrected chi connectivity index (χ1v) is 7.83. The van der Waals surface area contributed by atoms with E-state index in [1.165, 1.54) is 12.1 Å². The van der Waals surface area contributed by atoms with Crippen LogP contribution in [0.5, 0.6) is 0 Å². The Morgan fingerprint density at radius 2 is 1.90 bits per heavy atom. The molecule has 0 unspecified atom stereocenters. The Balaban J connectivity index is 1.92. The van der Waals surface area contributed by atoms with Crippen molar-refractivity contribution in [3.05, 3.63) is 33.8 Å². The standard InChI is InChI=1S/C15H15BrF3NO/c16-10-3-6-12(13(7-10)15(17,18)19)14(21)20(11-4-5-11)8-9-1-2-9/h3,6-7,9,11H,1-2,4-5,8H2. The largest absolute Gasteiger partial charge is 0.417 e. The fourth-order valence-electron chi connectivity index (χ4n) is 2.45. The van der Waals surface area contributed by atoms with Crippen LogP contribution in [0.2, 0.25) is 0 Å². The zero-order valence-electron chi connectivity index (χ0n) is 11.3. The Morgan fingerprint density at radius 3 is 2.43 bits per heavy atom. The van der Waals surface area contributed by atoms with Crippen molar-refractivity contribution >= 4 is 21.8 Å². The van der Waals surface area contributed by atoms with Crippen LogP contribution in [0, 0.1) is 5.92 Å². The van der Waals surface area contributed by atoms with Crippen molar-refractivity contribution in [3.63, 3.8) is 0 Å². The van der Waals surface area contributed by atoms with E-state index in [-0.39, 0.29) is 11.6 Å². The van der Waals surface area contributed by atoms with Gasteiger partial charge >= 0.3 is 6.18 Å². The van der Waals surface area contributed by atoms with E-state index >= 15 is 0 Å². The third-order valence-electron chi connectivity index (χ3n) is 3.92. The van der Waals surface area contributed by atoms with Crippen LogP contribution in [0.3, 0.4) is 0 Å². The molecule has 1 aromatic carbocycles. The van der Waals surface area contributed by atoms with Gasteiger partial charge in [0, 0.05) is 17.1 Å². The monoisotopic (exact) mass is 361 g/mol. The maximum atomic E-state index is 13.2. The van der Waals surface area contributed by atoms with Crippen molar-refractivity contribution in [3.8, 4) is 0 Å². The molecule has 0 aliphatic heterocycles. The Labute approximate surface area is 129 Å². The van der Waals surface area contributed by atoms with Gasteiger partial charge < -0.3 is 4.90 Å². The van der Waals surface area contributed by atoms with Crippen LogP contribution in [-0.2, 0) is 6.18 Å². The van der Waals surface area contributed by atoms with Crippen LogP contribution in [0.25, 0.3) is 0 Å². The summed E-state index contributed by atoms with van der Waals surface area (Å²) < 4.78 is 39.8. The Hall–Kier alpha value is -1.04. The first-order valence-electron chi connectivity index (χ1n) is 7.04. The van der Waals surface area contributed by atoms with Crippen molar-refractivity contribution in [1.29, 1.82) is 0 Å². The number of alkyl halides is 3. The molecule has 1 aromatic rings. The maximum absolute atomic E-state index is 13.2. The third kappa shape index (κ3) is 3.42. The summed E-state index contributed by atoms with van der Waals surface area (Å²) in [6.45, 7) is 0.594. The number of carbonyl (C=O) groups excluding carboxylic acids is 1. The minimum atomic E-state index is -4.52. The van der Waals surface area contributed by atoms with Crippen LogP contribution in [0.4, 0.5) is 13.2 Å². The van der Waals surface area contributed by atoms with E-state index in [1.54, 1.807) is 4.90 Å². The SMILES string of the molecule is O=C(c1ccc(Br)cc1C(F)(F)F)N(CC1CC1)C1CC1. The number of rotatable bonds is 4. The zero-order valence-corrected chi connectivity index (χ0v) is 12.9. The molecule has 0 saturated heterocycles. The number of hydrogen-bond donors (Lipinski definition) is 0. The van der Waals surface area contributed by atoms with Gasteiger partial charge in [-0.15, -0.1) is 0 Å². The molecular formula is C15H15BrF3NO. The lowest BCUT2D eigenvalue weighted by molar-refractivity contribution is -0.138. The zero-order chi connectivity index (χ0) is 15.2. The number of carbonyl (C=O) groups is 1. The summed E-state index contributed by atoms with van der Waals surface area (Å²) in [5.74, 6) is -0.0106. The third-order valence-corrected chi connectivity index (χ3v) is 4.41. The van der Waals surface area contributed by atoms with Crippen LogP contribution in [-0.4, -0.2) is 23.4 Å². The van der Waals surface area contributed by atoms with Crippen LogP contribution in [0.1, 0.15) is 41.6 Å². The van der Waals surface area contributed by atoms with E-state index in [0.29, 0.717) is 16.9 Å². The van der Waals surface area contributed by atoms with Gasteiger partial charge in [-0.1, -0.05) is 15.9 Å². The second kappa shape index (κ2) is 5.30. The molecule has 0 N–H and O–H groups in total. The van der Waals surface area contributed by atoms with Crippen molar-refractivity contribution in [2.75, 3.05) is 6.54 Å². The van der Waals surface area contributed by atoms with Gasteiger partial charge in [-0.3, -0.25) is 4.79 Å². The molecule has 2 fully saturated rings. The van der Waals surface area contributed by atoms with Crippen molar-refractivity contribution in [1.82, 2.24) is 4.90 Å². The molecule has 0 heterocycles. The number of amides is 1. The lowest BCUT2D eigenvalue weighted by atomic mass is 10.1. The number of hydrogen-bond acceptors (Lipinski definition) is 1. The first kappa shape index (κ1) is 14.9. The van der Waals surface area contributed by atoms with Gasteiger partial charge in [0.1, 0.15) is 0 Å². The molecule has 2 nitrogen and oxygen atoms in total. The van der Waals surface area contributed by atoms with E-state index < -0.39 is 17.6 Å². The van der Waals surface area contributed by atoms with Gasteiger partial charge in [0.25, 0.3) is 5.91 Å². The average Bonchev–Trinajstić information content (AvgIpc) is 3.25. The molecule has 6 heteroatoms. The lowest BCUT2D eigenvalue weighted by Gasteiger charge is -2.24. The van der Waals surface area contributed by atoms with Gasteiger partial charge in [-0.05, 0) is 49.8 Å². The highest BCUT2D eigenvalue weighted by atomic mass is 79.9. The molecule has 2 saturated carbocycles. The Morgan fingerprint density at radius 1 is 1.24 bits per heavy atom. The fourth-order valence-corrected chi connectivity index (χ4v) is 2.82. The summed E-state index contributed by atoms with van der Waals surface area (Å²) in [6, 6.07) is 3.88. The summed E-state index contributed by atoms with van der Waals surface area (Å²) in [6.07, 6.45) is -0.581. The van der Waals surface area contributed by atoms with Gasteiger partial charge in [-0.25, -0.2) is 0 Å². The molecule has 1 amide bonds. The lowest BCUT2D eigenvalue weighted by Crippen LogP contribution is -2.36. The van der Waals surface area contributed by atoms with Gasteiger partial charge in [-0.2, -0.15) is 13.2 Å². The highest BCUT2D eigenvalue weighted by molar-refractivity contribution is 9.10. The van der Waals surface area contributed by atoms with Crippen LogP contribution >= 0.6 is 15.9 Å². The number of benzene rings is 1. The molecule has 3 rings (SSSR count). The minimum Gasteiger partial charge on any atom is -0.335 e. The molecule has 2 aliphatic rings. The van der Waals surface area contributed by atoms with Crippen molar-refractivity contribution in [2.45, 2.75) is 37.9 Å². The average molecular weight is 362 g/mol. The minimum absolute atomic E-state index is 0.128. The summed E-state index contributed by atoms with van der Waals surface area (Å²) in [5.41, 5.74) is -1.10. The Kier molecular flexibility index (Phi) is 3.76. The van der Waals surface area contributed by atoms with Gasteiger partial charge in [0.05, 0.1) is 11.1 Å². The molecule has 21 heavy (non-hydrogen) atoms. The summed E-state index contributed by atoms with van der Waals surface area (Å²) in [7, 11) is 0. The van der Waals surface area contributed by atoms with Gasteiger partial charge in [0.2, 0.25) is 0 Å². The van der Waals surface area contributed by atoms with E-state index in [2.05, 4.69) is 15.9 Å². The van der Waals surface area contributed by atoms with Crippen molar-refractivity contribution in [2.24, 2.45) is 5.92 Å². The van der Waals surface area contributed by atoms with Gasteiger partial charge in [0.15, 0.2) is 0 Å². The summed E-state index contributed by atoms with van der Waals surface area (Å²) >= 11 is 3.04. The van der Waals surface area contributed by atoms with E-state index in [9.17, 15) is 18.0 Å². The molecule has 0 spiro atoms. The number of halogens is 4. The number of nitrogens with zero attached hydrogens (tertiary/aromatic N) is 1. The van der Waals surface area contributed by atoms with Crippen LogP contribution in [0.15, 0.2) is 22.7 Å². The van der Waals surface area contributed by atoms with E-state index in [0.717, 1.165) is 31.7 Å². The normalized spacial score (nSPS) is 18.7.